The van der Waals surface area contributed by atoms with Crippen LogP contribution in [-0.2, 0) is 9.59 Å². The molecular weight excluding hydrogens is 230 g/mol. The maximum Gasteiger partial charge on any atom is 0.353 e. The first-order chi connectivity index (χ1) is 7.49. The zero-order valence-corrected chi connectivity index (χ0v) is 9.82. The quantitative estimate of drug-likeness (QED) is 0.695. The van der Waals surface area contributed by atoms with E-state index in [2.05, 4.69) is 0 Å². The molecule has 0 radical (unpaired) electrons. The summed E-state index contributed by atoms with van der Waals surface area (Å²) in [6, 6.07) is -0.166. The summed E-state index contributed by atoms with van der Waals surface area (Å²) in [4.78, 5) is 24.8. The normalized spacial score (nSPS) is 30.2. The molecule has 2 heterocycles. The second-order valence-corrected chi connectivity index (χ2v) is 4.93. The highest BCUT2D eigenvalue weighted by Crippen LogP contribution is 2.46. The lowest BCUT2D eigenvalue weighted by Crippen LogP contribution is -2.61. The van der Waals surface area contributed by atoms with E-state index >= 15 is 0 Å². The highest BCUT2D eigenvalue weighted by atomic mass is 32.2. The third-order valence-electron chi connectivity index (χ3n) is 3.14. The summed E-state index contributed by atoms with van der Waals surface area (Å²) in [5, 5.41) is 18.5. The van der Waals surface area contributed by atoms with E-state index < -0.39 is 18.0 Å². The molecule has 0 spiro atoms. The summed E-state index contributed by atoms with van der Waals surface area (Å²) in [6.07, 6.45) is 1.63. The maximum atomic E-state index is 11.7. The van der Waals surface area contributed by atoms with E-state index in [9.17, 15) is 14.7 Å². The van der Waals surface area contributed by atoms with Gasteiger partial charge in [0.2, 0.25) is 5.91 Å². The van der Waals surface area contributed by atoms with Gasteiger partial charge in [0.05, 0.1) is 18.1 Å². The van der Waals surface area contributed by atoms with Crippen molar-refractivity contribution in [2.45, 2.75) is 25.5 Å². The lowest BCUT2D eigenvalue weighted by molar-refractivity contribution is -0.161. The molecule has 2 N–H and O–H groups in total. The van der Waals surface area contributed by atoms with Crippen LogP contribution in [0.3, 0.4) is 0 Å². The van der Waals surface area contributed by atoms with E-state index in [-0.39, 0.29) is 17.6 Å². The first-order valence-corrected chi connectivity index (χ1v) is 6.23. The van der Waals surface area contributed by atoms with Gasteiger partial charge in [-0.3, -0.25) is 4.79 Å². The lowest BCUT2D eigenvalue weighted by Gasteiger charge is -2.44. The first kappa shape index (κ1) is 11.5. The second kappa shape index (κ2) is 3.78. The Labute approximate surface area is 97.1 Å². The fourth-order valence-corrected chi connectivity index (χ4v) is 3.13. The van der Waals surface area contributed by atoms with Crippen LogP contribution < -0.4 is 0 Å². The van der Waals surface area contributed by atoms with Crippen LogP contribution in [0.4, 0.5) is 0 Å². The number of fused-ring (bicyclic) bond motifs is 1. The number of carboxylic acids is 1. The number of carbonyl (C=O) groups excluding carboxylic acids is 1. The van der Waals surface area contributed by atoms with Gasteiger partial charge in [-0.2, -0.15) is 0 Å². The average molecular weight is 243 g/mol. The van der Waals surface area contributed by atoms with Gasteiger partial charge in [-0.15, -0.1) is 11.8 Å². The van der Waals surface area contributed by atoms with Crippen LogP contribution in [0.1, 0.15) is 13.3 Å². The zero-order valence-electron chi connectivity index (χ0n) is 9.01. The van der Waals surface area contributed by atoms with Gasteiger partial charge in [0.25, 0.3) is 0 Å². The van der Waals surface area contributed by atoms with Crippen LogP contribution in [-0.4, -0.2) is 45.4 Å². The summed E-state index contributed by atoms with van der Waals surface area (Å²) in [5.74, 6) is -1.79. The third kappa shape index (κ3) is 1.36. The minimum absolute atomic E-state index is 0.0967. The number of aliphatic hydroxyl groups excluding tert-OH is 1. The van der Waals surface area contributed by atoms with Crippen molar-refractivity contribution in [2.24, 2.45) is 5.92 Å². The first-order valence-electron chi connectivity index (χ1n) is 5.00. The van der Waals surface area contributed by atoms with Gasteiger partial charge < -0.3 is 15.1 Å². The van der Waals surface area contributed by atoms with Crippen LogP contribution in [0.25, 0.3) is 0 Å². The van der Waals surface area contributed by atoms with Gasteiger partial charge in [-0.1, -0.05) is 0 Å². The molecular formula is C10H13NO4S. The highest BCUT2D eigenvalue weighted by molar-refractivity contribution is 8.02. The van der Waals surface area contributed by atoms with Gasteiger partial charge in [-0.05, 0) is 13.2 Å². The van der Waals surface area contributed by atoms with Crippen molar-refractivity contribution >= 4 is 23.6 Å². The Hall–Kier alpha value is -1.01. The summed E-state index contributed by atoms with van der Waals surface area (Å²) >= 11 is 1.36. The lowest BCUT2D eigenvalue weighted by atomic mass is 9.83. The van der Waals surface area contributed by atoms with Crippen molar-refractivity contribution in [1.29, 1.82) is 0 Å². The van der Waals surface area contributed by atoms with E-state index in [4.69, 9.17) is 5.11 Å². The Morgan fingerprint density at radius 3 is 2.69 bits per heavy atom. The van der Waals surface area contributed by atoms with E-state index in [1.807, 2.05) is 0 Å². The number of thioether (sulfide) groups is 1. The Morgan fingerprint density at radius 1 is 1.62 bits per heavy atom. The molecule has 1 amide bonds. The predicted octanol–water partition coefficient (Wildman–Crippen LogP) is 0.257. The van der Waals surface area contributed by atoms with Gasteiger partial charge in [0.1, 0.15) is 5.70 Å². The number of carboxylic acid groups (broad SMARTS) is 1. The number of nitrogens with zero attached hydrogens (tertiary/aromatic N) is 1. The summed E-state index contributed by atoms with van der Waals surface area (Å²) < 4.78 is 0. The number of hydrogen-bond donors (Lipinski definition) is 2. The number of aliphatic carboxylic acids is 1. The molecule has 5 nitrogen and oxygen atoms in total. The maximum absolute atomic E-state index is 11.7. The SMILES string of the molecule is CSC1=C(C(=O)O)N2C(=O)[C@H]([C@@H](C)O)[C@H]2C1. The van der Waals surface area contributed by atoms with Crippen molar-refractivity contribution in [2.75, 3.05) is 6.26 Å². The molecule has 0 aliphatic carbocycles. The molecule has 0 bridgehead atoms. The van der Waals surface area contributed by atoms with E-state index in [1.165, 1.54) is 16.7 Å². The molecule has 0 saturated carbocycles. The highest BCUT2D eigenvalue weighted by Gasteiger charge is 2.56. The molecule has 88 valence electrons. The Balaban J connectivity index is 2.29. The summed E-state index contributed by atoms with van der Waals surface area (Å²) in [7, 11) is 0. The van der Waals surface area contributed by atoms with E-state index in [0.29, 0.717) is 11.3 Å². The fraction of sp³-hybridized carbons (Fsp3) is 0.600. The minimum atomic E-state index is -1.07. The van der Waals surface area contributed by atoms with Gasteiger partial charge in [-0.25, -0.2) is 4.79 Å². The van der Waals surface area contributed by atoms with Crippen LogP contribution in [0.5, 0.6) is 0 Å². The average Bonchev–Trinajstić information content (AvgIpc) is 2.51. The summed E-state index contributed by atoms with van der Waals surface area (Å²) in [6.45, 7) is 1.57. The number of hydrogen-bond acceptors (Lipinski definition) is 4. The molecule has 2 aliphatic heterocycles. The Bertz CT molecular complexity index is 390. The number of β-lactam (4-membered cyclic amide) rings is 1. The minimum Gasteiger partial charge on any atom is -0.477 e. The predicted molar refractivity (Wildman–Crippen MR) is 58.6 cm³/mol. The van der Waals surface area contributed by atoms with Crippen LogP contribution in [0.15, 0.2) is 10.6 Å². The van der Waals surface area contributed by atoms with Crippen LogP contribution >= 0.6 is 11.8 Å². The topological polar surface area (TPSA) is 77.8 Å². The number of rotatable bonds is 3. The molecule has 2 aliphatic rings. The monoisotopic (exact) mass is 243 g/mol. The molecule has 0 aromatic rings. The van der Waals surface area contributed by atoms with Crippen LogP contribution in [0.2, 0.25) is 0 Å². The van der Waals surface area contributed by atoms with Gasteiger partial charge >= 0.3 is 5.97 Å². The van der Waals surface area contributed by atoms with Gasteiger partial charge in [0.15, 0.2) is 0 Å². The number of amides is 1. The van der Waals surface area contributed by atoms with Crippen molar-refractivity contribution < 1.29 is 19.8 Å². The van der Waals surface area contributed by atoms with E-state index in [0.717, 1.165) is 0 Å². The molecule has 6 heteroatoms. The smallest absolute Gasteiger partial charge is 0.353 e. The largest absolute Gasteiger partial charge is 0.477 e. The Morgan fingerprint density at radius 2 is 2.25 bits per heavy atom. The standard InChI is InChI=1S/C10H13NO4S/c1-4(12)7-5-3-6(16-2)8(10(14)15)11(5)9(7)13/h4-5,7,12H,3H2,1-2H3,(H,14,15)/t4-,5-,7-/m1/s1. The molecule has 0 aromatic heterocycles. The molecule has 0 aromatic carbocycles. The summed E-state index contributed by atoms with van der Waals surface area (Å²) in [5.41, 5.74) is 0.0967. The third-order valence-corrected chi connectivity index (χ3v) is 3.99. The molecule has 1 fully saturated rings. The van der Waals surface area contributed by atoms with Crippen molar-refractivity contribution in [3.63, 3.8) is 0 Å². The zero-order chi connectivity index (χ0) is 12.0. The van der Waals surface area contributed by atoms with Crippen molar-refractivity contribution in [1.82, 2.24) is 4.90 Å². The van der Waals surface area contributed by atoms with Gasteiger partial charge in [0, 0.05) is 11.3 Å². The molecule has 3 atom stereocenters. The molecule has 0 unspecified atom stereocenters. The molecule has 1 saturated heterocycles. The molecule has 16 heavy (non-hydrogen) atoms. The van der Waals surface area contributed by atoms with E-state index in [1.54, 1.807) is 13.2 Å². The van der Waals surface area contributed by atoms with Crippen molar-refractivity contribution in [3.05, 3.63) is 10.6 Å². The molecule has 2 rings (SSSR count). The van der Waals surface area contributed by atoms with Crippen molar-refractivity contribution in [3.8, 4) is 0 Å². The second-order valence-electron chi connectivity index (χ2n) is 4.03. The fourth-order valence-electron chi connectivity index (χ4n) is 2.41. The number of aliphatic hydroxyl groups is 1. The number of carbonyl (C=O) groups is 2. The Kier molecular flexibility index (Phi) is 2.71. The van der Waals surface area contributed by atoms with Crippen LogP contribution in [0, 0.1) is 5.92 Å².